The number of likely N-dealkylation sites (tertiary alicyclic amines) is 1. The molecule has 0 spiro atoms. The second-order valence-corrected chi connectivity index (χ2v) is 9.38. The summed E-state index contributed by atoms with van der Waals surface area (Å²) in [5, 5.41) is 16.0. The highest BCUT2D eigenvalue weighted by atomic mass is 16.5. The predicted octanol–water partition coefficient (Wildman–Crippen LogP) is 3.18. The van der Waals surface area contributed by atoms with E-state index in [-0.39, 0.29) is 47.6 Å². The molecule has 1 saturated heterocycles. The number of piperidine rings is 1. The van der Waals surface area contributed by atoms with Gasteiger partial charge in [0.05, 0.1) is 17.8 Å². The van der Waals surface area contributed by atoms with E-state index >= 15 is 0 Å². The molecule has 3 aliphatic rings. The molecule has 2 N–H and O–H groups in total. The van der Waals surface area contributed by atoms with Gasteiger partial charge in [0, 0.05) is 26.1 Å². The maximum Gasteiger partial charge on any atom is 0.411 e. The van der Waals surface area contributed by atoms with E-state index < -0.39 is 12.1 Å². The average Bonchev–Trinajstić information content (AvgIpc) is 3.14. The number of carboxylic acids is 1. The SMILES string of the molecule is Cn1ncc(NC(=O)OCC2c3ccccc3-c3ccccc32)c1C(=O)N1CC2C(C1)C2C(=O)O. The van der Waals surface area contributed by atoms with Crippen LogP contribution in [0.15, 0.2) is 54.7 Å². The van der Waals surface area contributed by atoms with Gasteiger partial charge in [-0.3, -0.25) is 19.6 Å². The Balaban J connectivity index is 1.13. The number of amides is 2. The van der Waals surface area contributed by atoms with E-state index in [4.69, 9.17) is 4.74 Å². The number of aryl methyl sites for hydroxylation is 1. The molecule has 178 valence electrons. The van der Waals surface area contributed by atoms with Gasteiger partial charge in [-0.15, -0.1) is 0 Å². The van der Waals surface area contributed by atoms with Crippen molar-refractivity contribution in [3.63, 3.8) is 0 Å². The van der Waals surface area contributed by atoms with Gasteiger partial charge >= 0.3 is 12.1 Å². The number of anilines is 1. The molecule has 2 fully saturated rings. The lowest BCUT2D eigenvalue weighted by Crippen LogP contribution is -2.34. The number of carboxylic acid groups (broad SMARTS) is 1. The fourth-order valence-electron chi connectivity index (χ4n) is 5.74. The molecule has 35 heavy (non-hydrogen) atoms. The van der Waals surface area contributed by atoms with Crippen LogP contribution < -0.4 is 5.32 Å². The molecule has 1 aromatic heterocycles. The highest BCUT2D eigenvalue weighted by Gasteiger charge is 2.60. The van der Waals surface area contributed by atoms with Gasteiger partial charge in [0.25, 0.3) is 5.91 Å². The minimum absolute atomic E-state index is 0.00298. The number of hydrogen-bond donors (Lipinski definition) is 2. The third-order valence-electron chi connectivity index (χ3n) is 7.49. The highest BCUT2D eigenvalue weighted by Crippen LogP contribution is 2.52. The smallest absolute Gasteiger partial charge is 0.411 e. The van der Waals surface area contributed by atoms with Gasteiger partial charge in [0.2, 0.25) is 0 Å². The Kier molecular flexibility index (Phi) is 4.87. The van der Waals surface area contributed by atoms with Crippen molar-refractivity contribution in [3.05, 3.63) is 71.5 Å². The van der Waals surface area contributed by atoms with Crippen LogP contribution in [0.3, 0.4) is 0 Å². The van der Waals surface area contributed by atoms with Crippen LogP contribution in [0, 0.1) is 17.8 Å². The van der Waals surface area contributed by atoms with Crippen LogP contribution >= 0.6 is 0 Å². The number of nitrogens with one attached hydrogen (secondary N) is 1. The van der Waals surface area contributed by atoms with E-state index in [1.807, 2.05) is 24.3 Å². The van der Waals surface area contributed by atoms with E-state index in [2.05, 4.69) is 34.7 Å². The summed E-state index contributed by atoms with van der Waals surface area (Å²) in [5.41, 5.74) is 5.03. The first-order valence-electron chi connectivity index (χ1n) is 11.6. The van der Waals surface area contributed by atoms with Crippen LogP contribution in [0.25, 0.3) is 11.1 Å². The van der Waals surface area contributed by atoms with Crippen molar-refractivity contribution in [3.8, 4) is 11.1 Å². The molecular weight excluding hydrogens is 448 g/mol. The number of carbonyl (C=O) groups is 3. The standard InChI is InChI=1S/C26H24N4O5/c1-29-23(24(31)30-11-18-19(12-30)22(18)25(32)33)21(10-27-29)28-26(34)35-13-20-16-8-4-2-6-14(16)15-7-3-5-9-17(15)20/h2-10,18-20,22H,11-13H2,1H3,(H,28,34)(H,32,33). The third kappa shape index (κ3) is 3.46. The van der Waals surface area contributed by atoms with E-state index in [1.54, 1.807) is 11.9 Å². The quantitative estimate of drug-likeness (QED) is 0.590. The Morgan fingerprint density at radius 2 is 1.63 bits per heavy atom. The molecule has 9 nitrogen and oxygen atoms in total. The number of fused-ring (bicyclic) bond motifs is 4. The van der Waals surface area contributed by atoms with Crippen LogP contribution in [0.5, 0.6) is 0 Å². The predicted molar refractivity (Wildman–Crippen MR) is 126 cm³/mol. The number of nitrogens with zero attached hydrogens (tertiary/aromatic N) is 3. The summed E-state index contributed by atoms with van der Waals surface area (Å²) in [4.78, 5) is 38.7. The van der Waals surface area contributed by atoms with Gasteiger partial charge in [0.15, 0.2) is 0 Å². The lowest BCUT2D eigenvalue weighted by atomic mass is 9.98. The summed E-state index contributed by atoms with van der Waals surface area (Å²) < 4.78 is 7.02. The maximum absolute atomic E-state index is 13.1. The van der Waals surface area contributed by atoms with Gasteiger partial charge in [-0.25, -0.2) is 4.79 Å². The molecule has 1 aliphatic heterocycles. The van der Waals surface area contributed by atoms with Crippen molar-refractivity contribution >= 4 is 23.7 Å². The summed E-state index contributed by atoms with van der Waals surface area (Å²) in [6.07, 6.45) is 0.759. The molecule has 1 saturated carbocycles. The van der Waals surface area contributed by atoms with Gasteiger partial charge in [-0.05, 0) is 34.1 Å². The molecule has 6 rings (SSSR count). The van der Waals surface area contributed by atoms with Crippen LogP contribution in [0.1, 0.15) is 27.5 Å². The fraction of sp³-hybridized carbons (Fsp3) is 0.308. The number of rotatable bonds is 5. The number of benzene rings is 2. The van der Waals surface area contributed by atoms with Crippen molar-refractivity contribution in [1.82, 2.24) is 14.7 Å². The number of aliphatic carboxylic acids is 1. The first-order valence-corrected chi connectivity index (χ1v) is 11.6. The second kappa shape index (κ2) is 7.97. The number of carbonyl (C=O) groups excluding carboxylic acids is 2. The van der Waals surface area contributed by atoms with Gasteiger partial charge in [-0.2, -0.15) is 5.10 Å². The summed E-state index contributed by atoms with van der Waals surface area (Å²) in [7, 11) is 1.63. The second-order valence-electron chi connectivity index (χ2n) is 9.38. The van der Waals surface area contributed by atoms with Crippen molar-refractivity contribution in [2.45, 2.75) is 5.92 Å². The Morgan fingerprint density at radius 3 is 2.23 bits per heavy atom. The minimum Gasteiger partial charge on any atom is -0.481 e. The zero-order chi connectivity index (χ0) is 24.3. The Labute approximate surface area is 201 Å². The summed E-state index contributed by atoms with van der Waals surface area (Å²) >= 11 is 0. The largest absolute Gasteiger partial charge is 0.481 e. The van der Waals surface area contributed by atoms with E-state index in [9.17, 15) is 19.5 Å². The molecule has 2 amide bonds. The van der Waals surface area contributed by atoms with Gasteiger partial charge < -0.3 is 14.7 Å². The van der Waals surface area contributed by atoms with Crippen molar-refractivity contribution in [2.24, 2.45) is 24.8 Å². The number of ether oxygens (including phenoxy) is 1. The Hall–Kier alpha value is -4.14. The van der Waals surface area contributed by atoms with Crippen molar-refractivity contribution < 1.29 is 24.2 Å². The minimum atomic E-state index is -0.801. The number of hydrogen-bond acceptors (Lipinski definition) is 5. The normalized spacial score (nSPS) is 21.7. The van der Waals surface area contributed by atoms with Gasteiger partial charge in [-0.1, -0.05) is 48.5 Å². The van der Waals surface area contributed by atoms with E-state index in [1.165, 1.54) is 10.9 Å². The van der Waals surface area contributed by atoms with Gasteiger partial charge in [0.1, 0.15) is 12.3 Å². The van der Waals surface area contributed by atoms with Crippen LogP contribution in [-0.2, 0) is 16.6 Å². The first-order chi connectivity index (χ1) is 16.9. The third-order valence-corrected chi connectivity index (χ3v) is 7.49. The fourth-order valence-corrected chi connectivity index (χ4v) is 5.74. The number of aromatic nitrogens is 2. The molecule has 2 aromatic carbocycles. The monoisotopic (exact) mass is 472 g/mol. The highest BCUT2D eigenvalue weighted by molar-refractivity contribution is 6.01. The molecule has 0 bridgehead atoms. The maximum atomic E-state index is 13.1. The lowest BCUT2D eigenvalue weighted by Gasteiger charge is -2.20. The van der Waals surface area contributed by atoms with Crippen molar-refractivity contribution in [1.29, 1.82) is 0 Å². The topological polar surface area (TPSA) is 114 Å². The summed E-state index contributed by atoms with van der Waals surface area (Å²) in [5.74, 6) is -1.50. The molecule has 9 heteroatoms. The lowest BCUT2D eigenvalue weighted by molar-refractivity contribution is -0.139. The molecule has 2 heterocycles. The zero-order valence-corrected chi connectivity index (χ0v) is 19.0. The Morgan fingerprint density at radius 1 is 1.03 bits per heavy atom. The molecule has 3 aromatic rings. The van der Waals surface area contributed by atoms with E-state index in [0.717, 1.165) is 22.3 Å². The van der Waals surface area contributed by atoms with Crippen molar-refractivity contribution in [2.75, 3.05) is 25.0 Å². The van der Waals surface area contributed by atoms with E-state index in [0.29, 0.717) is 13.1 Å². The zero-order valence-electron chi connectivity index (χ0n) is 19.0. The summed E-state index contributed by atoms with van der Waals surface area (Å²) in [6, 6.07) is 16.2. The Bertz CT molecular complexity index is 1310. The molecular formula is C26H24N4O5. The molecule has 2 unspecified atom stereocenters. The average molecular weight is 473 g/mol. The first kappa shape index (κ1) is 21.4. The molecule has 2 aliphatic carbocycles. The molecule has 0 radical (unpaired) electrons. The van der Waals surface area contributed by atoms with Crippen LogP contribution in [0.4, 0.5) is 10.5 Å². The van der Waals surface area contributed by atoms with Crippen LogP contribution in [0.2, 0.25) is 0 Å². The summed E-state index contributed by atoms with van der Waals surface area (Å²) in [6.45, 7) is 0.960. The molecule has 2 atom stereocenters. The van der Waals surface area contributed by atoms with Crippen LogP contribution in [-0.4, -0.2) is 57.5 Å².